The van der Waals surface area contributed by atoms with Gasteiger partial charge in [0.05, 0.1) is 12.7 Å². The minimum absolute atomic E-state index is 0. The van der Waals surface area contributed by atoms with Crippen molar-refractivity contribution in [1.29, 1.82) is 0 Å². The average Bonchev–Trinajstić information content (AvgIpc) is 2.54. The number of halogens is 1. The summed E-state index contributed by atoms with van der Waals surface area (Å²) >= 11 is 5.99. The molecule has 1 aromatic carbocycles. The van der Waals surface area contributed by atoms with Crippen LogP contribution in [0.1, 0.15) is 18.1 Å². The first-order valence-electron chi connectivity index (χ1n) is 4.98. The number of rotatable bonds is 1. The fraction of sp³-hybridized carbons (Fsp3) is 0.143. The molecule has 1 atom stereocenters. The molecular weight excluding hydrogens is 336 g/mol. The van der Waals surface area contributed by atoms with Crippen molar-refractivity contribution in [3.63, 3.8) is 0 Å². The Kier molecular flexibility index (Phi) is 19.3. The van der Waals surface area contributed by atoms with E-state index < -0.39 is 0 Å². The SMILES string of the molecule is O=C1C=COC(c2ccccc2Cl)C1.[C-]#[O+].[C-]#[O+].[C-]#[O+].[Cr]. The molecule has 0 aromatic heterocycles. The Morgan fingerprint density at radius 1 is 1.10 bits per heavy atom. The van der Waals surface area contributed by atoms with E-state index in [0.29, 0.717) is 11.4 Å². The number of carbonyl (C=O) groups is 1. The van der Waals surface area contributed by atoms with Crippen LogP contribution < -0.4 is 0 Å². The summed E-state index contributed by atoms with van der Waals surface area (Å²) in [5.74, 6) is 0.0705. The minimum Gasteiger partial charge on any atom is 0 e. The Morgan fingerprint density at radius 3 is 2.10 bits per heavy atom. The molecule has 1 aliphatic heterocycles. The number of allylic oxidation sites excluding steroid dienone is 1. The first-order valence-corrected chi connectivity index (χ1v) is 5.35. The summed E-state index contributed by atoms with van der Waals surface area (Å²) in [7, 11) is 0. The standard InChI is InChI=1S/C11H9ClO2.3CO.Cr/c12-10-4-2-1-3-9(10)11-7-8(13)5-6-14-11;3*1-2;/h1-6,11H,7H2;;;;. The zero-order valence-corrected chi connectivity index (χ0v) is 12.6. The van der Waals surface area contributed by atoms with Crippen molar-refractivity contribution in [2.45, 2.75) is 12.5 Å². The van der Waals surface area contributed by atoms with Crippen molar-refractivity contribution in [2.75, 3.05) is 0 Å². The number of hydrogen-bond donors (Lipinski definition) is 0. The average molecular weight is 345 g/mol. The van der Waals surface area contributed by atoms with Gasteiger partial charge in [0, 0.05) is 34.0 Å². The molecule has 1 aromatic rings. The molecule has 0 amide bonds. The van der Waals surface area contributed by atoms with E-state index in [0.717, 1.165) is 5.56 Å². The number of carbonyl (C=O) groups excluding carboxylic acids is 1. The van der Waals surface area contributed by atoms with Crippen LogP contribution in [0.4, 0.5) is 0 Å². The third-order valence-corrected chi connectivity index (χ3v) is 2.48. The molecule has 1 unspecified atom stereocenters. The number of ketones is 1. The van der Waals surface area contributed by atoms with Gasteiger partial charge in [-0.25, -0.2) is 0 Å². The van der Waals surface area contributed by atoms with E-state index in [1.165, 1.54) is 12.3 Å². The van der Waals surface area contributed by atoms with Gasteiger partial charge in [0.1, 0.15) is 6.10 Å². The van der Waals surface area contributed by atoms with Crippen molar-refractivity contribution in [3.8, 4) is 0 Å². The molecule has 0 spiro atoms. The number of hydrogen-bond acceptors (Lipinski definition) is 2. The molecule has 5 nitrogen and oxygen atoms in total. The second-order valence-corrected chi connectivity index (χ2v) is 3.53. The van der Waals surface area contributed by atoms with Gasteiger partial charge in [-0.3, -0.25) is 4.79 Å². The molecule has 0 fully saturated rings. The molecular formula is C14H9ClCrO5. The summed E-state index contributed by atoms with van der Waals surface area (Å²) in [6.07, 6.45) is 2.99. The van der Waals surface area contributed by atoms with Crippen LogP contribution in [0.3, 0.4) is 0 Å². The normalized spacial score (nSPS) is 14.0. The van der Waals surface area contributed by atoms with Gasteiger partial charge in [0.15, 0.2) is 5.78 Å². The summed E-state index contributed by atoms with van der Waals surface area (Å²) in [5, 5.41) is 0.639. The summed E-state index contributed by atoms with van der Waals surface area (Å²) in [6.45, 7) is 13.5. The second kappa shape index (κ2) is 16.5. The third kappa shape index (κ3) is 9.10. The molecule has 0 saturated heterocycles. The molecule has 7 heteroatoms. The Bertz CT molecular complexity index is 493. The monoisotopic (exact) mass is 344 g/mol. The molecule has 0 bridgehead atoms. The van der Waals surface area contributed by atoms with E-state index in [2.05, 4.69) is 20.0 Å². The van der Waals surface area contributed by atoms with Crippen molar-refractivity contribution in [2.24, 2.45) is 0 Å². The van der Waals surface area contributed by atoms with Crippen LogP contribution in [0.25, 0.3) is 0 Å². The van der Waals surface area contributed by atoms with Crippen molar-refractivity contribution in [3.05, 3.63) is 67.1 Å². The third-order valence-electron chi connectivity index (χ3n) is 2.14. The Balaban J connectivity index is -0.000000414. The van der Waals surface area contributed by atoms with Gasteiger partial charge in [-0.15, -0.1) is 0 Å². The number of benzene rings is 1. The fourth-order valence-corrected chi connectivity index (χ4v) is 1.69. The van der Waals surface area contributed by atoms with Crippen LogP contribution in [0.5, 0.6) is 0 Å². The van der Waals surface area contributed by atoms with E-state index >= 15 is 0 Å². The predicted octanol–water partition coefficient (Wildman–Crippen LogP) is 2.77. The van der Waals surface area contributed by atoms with Crippen LogP contribution in [0, 0.1) is 20.0 Å². The Morgan fingerprint density at radius 2 is 1.62 bits per heavy atom. The van der Waals surface area contributed by atoms with E-state index in [1.807, 2.05) is 18.2 Å². The van der Waals surface area contributed by atoms with Crippen molar-refractivity contribution in [1.82, 2.24) is 0 Å². The van der Waals surface area contributed by atoms with Crippen LogP contribution in [0.15, 0.2) is 36.6 Å². The molecule has 2 rings (SSSR count). The van der Waals surface area contributed by atoms with Gasteiger partial charge >= 0.3 is 33.9 Å². The van der Waals surface area contributed by atoms with Gasteiger partial charge in [-0.1, -0.05) is 29.8 Å². The summed E-state index contributed by atoms with van der Waals surface area (Å²) in [4.78, 5) is 11.1. The van der Waals surface area contributed by atoms with Gasteiger partial charge in [-0.05, 0) is 6.07 Å². The minimum atomic E-state index is -0.235. The Labute approximate surface area is 138 Å². The number of ether oxygens (including phenoxy) is 1. The fourth-order valence-electron chi connectivity index (χ4n) is 1.43. The summed E-state index contributed by atoms with van der Waals surface area (Å²) in [5.41, 5.74) is 0.867. The maximum absolute atomic E-state index is 11.1. The first kappa shape index (κ1) is 24.5. The molecule has 0 aliphatic carbocycles. The summed E-state index contributed by atoms with van der Waals surface area (Å²) in [6, 6.07) is 7.40. The van der Waals surface area contributed by atoms with Crippen molar-refractivity contribution < 1.29 is 40.8 Å². The van der Waals surface area contributed by atoms with Crippen LogP contribution in [-0.4, -0.2) is 5.78 Å². The van der Waals surface area contributed by atoms with Gasteiger partial charge in [0.2, 0.25) is 0 Å². The quantitative estimate of drug-likeness (QED) is 0.579. The maximum Gasteiger partial charge on any atom is 0 e. The zero-order chi connectivity index (χ0) is 16.0. The van der Waals surface area contributed by atoms with E-state index in [4.69, 9.17) is 30.3 Å². The molecule has 108 valence electrons. The topological polar surface area (TPSA) is 86.0 Å². The second-order valence-electron chi connectivity index (χ2n) is 3.12. The Hall–Kier alpha value is -1.53. The molecule has 0 radical (unpaired) electrons. The maximum atomic E-state index is 11.1. The smallest absolute Gasteiger partial charge is 0 e. The molecule has 0 saturated carbocycles. The first-order chi connectivity index (χ1) is 9.77. The van der Waals surface area contributed by atoms with E-state index in [1.54, 1.807) is 6.07 Å². The van der Waals surface area contributed by atoms with Gasteiger partial charge in [-0.2, -0.15) is 0 Å². The van der Waals surface area contributed by atoms with Gasteiger partial charge in [0.25, 0.3) is 0 Å². The van der Waals surface area contributed by atoms with Crippen LogP contribution >= 0.6 is 11.6 Å². The van der Waals surface area contributed by atoms with Gasteiger partial charge < -0.3 is 4.74 Å². The molecule has 21 heavy (non-hydrogen) atoms. The predicted molar refractivity (Wildman–Crippen MR) is 65.8 cm³/mol. The largest absolute Gasteiger partial charge is 0 e. The molecule has 0 N–H and O–H groups in total. The molecule has 1 heterocycles. The van der Waals surface area contributed by atoms with Crippen LogP contribution in [-0.2, 0) is 40.8 Å². The summed E-state index contributed by atoms with van der Waals surface area (Å²) < 4.78 is 27.8. The van der Waals surface area contributed by atoms with E-state index in [-0.39, 0.29) is 29.2 Å². The van der Waals surface area contributed by atoms with Crippen molar-refractivity contribution >= 4 is 17.4 Å². The molecule has 1 aliphatic rings. The zero-order valence-electron chi connectivity index (χ0n) is 10.6. The van der Waals surface area contributed by atoms with E-state index in [9.17, 15) is 4.79 Å². The van der Waals surface area contributed by atoms with Crippen LogP contribution in [0.2, 0.25) is 5.02 Å².